The molecule has 0 heterocycles. The predicted molar refractivity (Wildman–Crippen MR) is 79.8 cm³/mol. The largest absolute Gasteiger partial charge is 0.508 e. The summed E-state index contributed by atoms with van der Waals surface area (Å²) in [5.41, 5.74) is 5.33. The van der Waals surface area contributed by atoms with Gasteiger partial charge in [-0.05, 0) is 25.0 Å². The molecular formula is C14H18N2O3S. The minimum atomic E-state index is -0.661. The first-order valence-electron chi connectivity index (χ1n) is 6.58. The van der Waals surface area contributed by atoms with Gasteiger partial charge in [0.2, 0.25) is 0 Å². The fourth-order valence-electron chi connectivity index (χ4n) is 2.60. The van der Waals surface area contributed by atoms with E-state index < -0.39 is 11.4 Å². The van der Waals surface area contributed by atoms with E-state index in [0.29, 0.717) is 0 Å². The van der Waals surface area contributed by atoms with Crippen molar-refractivity contribution in [2.75, 3.05) is 0 Å². The summed E-state index contributed by atoms with van der Waals surface area (Å²) in [6, 6.07) is 3.76. The van der Waals surface area contributed by atoms with E-state index in [4.69, 9.17) is 18.0 Å². The topological polar surface area (TPSA) is 95.6 Å². The quantitative estimate of drug-likeness (QED) is 0.638. The Morgan fingerprint density at radius 3 is 2.20 bits per heavy atom. The first-order valence-corrected chi connectivity index (χ1v) is 6.99. The number of rotatable bonds is 3. The first kappa shape index (κ1) is 14.6. The van der Waals surface area contributed by atoms with Crippen LogP contribution in [0.15, 0.2) is 18.2 Å². The lowest BCUT2D eigenvalue weighted by Crippen LogP contribution is -2.57. The summed E-state index contributed by atoms with van der Waals surface area (Å²) >= 11 is 5.11. The molecule has 0 radical (unpaired) electrons. The number of thiocarbonyl (C=S) groups is 1. The normalized spacial score (nSPS) is 17.4. The molecule has 1 aromatic rings. The van der Waals surface area contributed by atoms with Gasteiger partial charge in [-0.1, -0.05) is 31.5 Å². The third kappa shape index (κ3) is 3.01. The third-order valence-electron chi connectivity index (χ3n) is 3.70. The number of aromatic hydroxyl groups is 2. The Morgan fingerprint density at radius 1 is 1.15 bits per heavy atom. The van der Waals surface area contributed by atoms with Crippen molar-refractivity contribution in [2.45, 2.75) is 37.6 Å². The summed E-state index contributed by atoms with van der Waals surface area (Å²) in [7, 11) is 0. The predicted octanol–water partition coefficient (Wildman–Crippen LogP) is 1.82. The van der Waals surface area contributed by atoms with E-state index in [2.05, 4.69) is 5.32 Å². The van der Waals surface area contributed by atoms with Gasteiger partial charge < -0.3 is 21.3 Å². The zero-order valence-electron chi connectivity index (χ0n) is 11.1. The van der Waals surface area contributed by atoms with E-state index in [9.17, 15) is 15.0 Å². The molecule has 0 aromatic heterocycles. The lowest BCUT2D eigenvalue weighted by molar-refractivity contribution is 0.0907. The van der Waals surface area contributed by atoms with Gasteiger partial charge >= 0.3 is 0 Å². The Morgan fingerprint density at radius 2 is 1.70 bits per heavy atom. The number of phenols is 2. The molecule has 1 aromatic carbocycles. The van der Waals surface area contributed by atoms with Crippen LogP contribution >= 0.6 is 12.2 Å². The second-order valence-corrected chi connectivity index (χ2v) is 5.64. The summed E-state index contributed by atoms with van der Waals surface area (Å²) in [6.07, 6.45) is 4.47. The number of phenolic OH excluding ortho intramolecular Hbond substituents is 2. The first-order chi connectivity index (χ1) is 9.43. The fraction of sp³-hybridized carbons (Fsp3) is 0.429. The number of amides is 1. The lowest BCUT2D eigenvalue weighted by atomic mass is 9.81. The van der Waals surface area contributed by atoms with Crippen molar-refractivity contribution in [3.8, 4) is 11.5 Å². The van der Waals surface area contributed by atoms with Gasteiger partial charge in [-0.25, -0.2) is 0 Å². The van der Waals surface area contributed by atoms with E-state index in [1.807, 2.05) is 0 Å². The van der Waals surface area contributed by atoms with Crippen LogP contribution in [0, 0.1) is 0 Å². The number of carbonyl (C=O) groups excluding carboxylic acids is 1. The Kier molecular flexibility index (Phi) is 4.13. The maximum absolute atomic E-state index is 12.3. The molecule has 5 N–H and O–H groups in total. The highest BCUT2D eigenvalue weighted by Crippen LogP contribution is 2.29. The average molecular weight is 294 g/mol. The van der Waals surface area contributed by atoms with E-state index in [1.54, 1.807) is 0 Å². The second-order valence-electron chi connectivity index (χ2n) is 5.20. The summed E-state index contributed by atoms with van der Waals surface area (Å²) in [5.74, 6) is -0.725. The molecular weight excluding hydrogens is 276 g/mol. The molecule has 0 spiro atoms. The van der Waals surface area contributed by atoms with Crippen LogP contribution in [0.3, 0.4) is 0 Å². The molecule has 0 unspecified atom stereocenters. The molecule has 2 rings (SSSR count). The van der Waals surface area contributed by atoms with Crippen LogP contribution in [0.2, 0.25) is 0 Å². The molecule has 1 saturated carbocycles. The fourth-order valence-corrected chi connectivity index (χ4v) is 2.86. The lowest BCUT2D eigenvalue weighted by Gasteiger charge is -2.37. The number of hydrogen-bond donors (Lipinski definition) is 4. The Balaban J connectivity index is 2.22. The molecule has 1 aliphatic carbocycles. The monoisotopic (exact) mass is 294 g/mol. The molecule has 0 atom stereocenters. The van der Waals surface area contributed by atoms with Crippen LogP contribution in [-0.4, -0.2) is 26.6 Å². The zero-order chi connectivity index (χ0) is 14.8. The van der Waals surface area contributed by atoms with Crippen LogP contribution in [0.1, 0.15) is 42.5 Å². The SMILES string of the molecule is NC(=S)C1(NC(=O)c2cc(O)cc(O)c2)CCCCC1. The van der Waals surface area contributed by atoms with Gasteiger partial charge in [0, 0.05) is 11.6 Å². The Labute approximate surface area is 122 Å². The van der Waals surface area contributed by atoms with Gasteiger partial charge in [-0.2, -0.15) is 0 Å². The van der Waals surface area contributed by atoms with Gasteiger partial charge in [-0.3, -0.25) is 4.79 Å². The highest BCUT2D eigenvalue weighted by molar-refractivity contribution is 7.80. The molecule has 0 bridgehead atoms. The van der Waals surface area contributed by atoms with Crippen molar-refractivity contribution in [3.63, 3.8) is 0 Å². The number of benzene rings is 1. The maximum atomic E-state index is 12.3. The second kappa shape index (κ2) is 5.66. The van der Waals surface area contributed by atoms with Crippen LogP contribution in [0.25, 0.3) is 0 Å². The van der Waals surface area contributed by atoms with Gasteiger partial charge in [0.1, 0.15) is 11.5 Å². The highest BCUT2D eigenvalue weighted by atomic mass is 32.1. The summed E-state index contributed by atoms with van der Waals surface area (Å²) in [5, 5.41) is 21.7. The van der Waals surface area contributed by atoms with E-state index in [1.165, 1.54) is 18.2 Å². The van der Waals surface area contributed by atoms with Gasteiger partial charge in [-0.15, -0.1) is 0 Å². The van der Waals surface area contributed by atoms with Crippen molar-refractivity contribution in [2.24, 2.45) is 5.73 Å². The van der Waals surface area contributed by atoms with Crippen molar-refractivity contribution in [1.29, 1.82) is 0 Å². The summed E-state index contributed by atoms with van der Waals surface area (Å²) < 4.78 is 0. The van der Waals surface area contributed by atoms with Gasteiger partial charge in [0.25, 0.3) is 5.91 Å². The highest BCUT2D eigenvalue weighted by Gasteiger charge is 2.36. The number of carbonyl (C=O) groups is 1. The van der Waals surface area contributed by atoms with Crippen molar-refractivity contribution in [3.05, 3.63) is 23.8 Å². The van der Waals surface area contributed by atoms with E-state index in [-0.39, 0.29) is 22.1 Å². The molecule has 6 heteroatoms. The number of nitrogens with one attached hydrogen (secondary N) is 1. The van der Waals surface area contributed by atoms with Crippen molar-refractivity contribution < 1.29 is 15.0 Å². The van der Waals surface area contributed by atoms with E-state index in [0.717, 1.165) is 32.1 Å². The molecule has 108 valence electrons. The Bertz CT molecular complexity index is 519. The summed E-state index contributed by atoms with van der Waals surface area (Å²) in [4.78, 5) is 12.6. The van der Waals surface area contributed by atoms with Crippen molar-refractivity contribution in [1.82, 2.24) is 5.32 Å². The molecule has 1 fully saturated rings. The van der Waals surface area contributed by atoms with Crippen LogP contribution in [-0.2, 0) is 0 Å². The molecule has 0 aliphatic heterocycles. The van der Waals surface area contributed by atoms with Gasteiger partial charge in [0.15, 0.2) is 0 Å². The molecule has 1 amide bonds. The zero-order valence-corrected chi connectivity index (χ0v) is 11.9. The third-order valence-corrected chi connectivity index (χ3v) is 4.09. The smallest absolute Gasteiger partial charge is 0.252 e. The van der Waals surface area contributed by atoms with Crippen LogP contribution in [0.5, 0.6) is 11.5 Å². The van der Waals surface area contributed by atoms with Crippen LogP contribution < -0.4 is 11.1 Å². The Hall–Kier alpha value is -1.82. The van der Waals surface area contributed by atoms with E-state index >= 15 is 0 Å². The standard InChI is InChI=1S/C14H18N2O3S/c15-13(20)14(4-2-1-3-5-14)16-12(19)9-6-10(17)8-11(18)7-9/h6-8,17-18H,1-5H2,(H2,15,20)(H,16,19). The number of nitrogens with two attached hydrogens (primary N) is 1. The molecule has 1 aliphatic rings. The molecule has 0 saturated heterocycles. The minimum absolute atomic E-state index is 0.164. The maximum Gasteiger partial charge on any atom is 0.252 e. The van der Waals surface area contributed by atoms with Gasteiger partial charge in [0.05, 0.1) is 10.5 Å². The molecule has 5 nitrogen and oxygen atoms in total. The average Bonchev–Trinajstić information content (AvgIpc) is 2.38. The van der Waals surface area contributed by atoms with Crippen LogP contribution in [0.4, 0.5) is 0 Å². The molecule has 20 heavy (non-hydrogen) atoms. The number of hydrogen-bond acceptors (Lipinski definition) is 4. The summed E-state index contributed by atoms with van der Waals surface area (Å²) in [6.45, 7) is 0. The van der Waals surface area contributed by atoms with Crippen molar-refractivity contribution >= 4 is 23.1 Å². The minimum Gasteiger partial charge on any atom is -0.508 e.